The topological polar surface area (TPSA) is 73.1 Å². The van der Waals surface area contributed by atoms with Crippen molar-refractivity contribution in [3.63, 3.8) is 0 Å². The first kappa shape index (κ1) is 17.1. The Morgan fingerprint density at radius 3 is 2.77 bits per heavy atom. The number of carbonyl (C=O) groups is 1. The van der Waals surface area contributed by atoms with Gasteiger partial charge in [0, 0.05) is 25.9 Å². The summed E-state index contributed by atoms with van der Waals surface area (Å²) in [4.78, 5) is 19.1. The quantitative estimate of drug-likeness (QED) is 0.846. The van der Waals surface area contributed by atoms with Gasteiger partial charge < -0.3 is 9.64 Å². The zero-order valence-corrected chi connectivity index (χ0v) is 15.2. The monoisotopic (exact) mass is 355 g/mol. The molecule has 0 aliphatic carbocycles. The highest BCUT2D eigenvalue weighted by Crippen LogP contribution is 2.30. The number of aromatic nitrogens is 4. The predicted octanol–water partition coefficient (Wildman–Crippen LogP) is 2.46. The fourth-order valence-corrected chi connectivity index (χ4v) is 3.86. The van der Waals surface area contributed by atoms with E-state index in [0.717, 1.165) is 56.6 Å². The maximum Gasteiger partial charge on any atom is 0.254 e. The van der Waals surface area contributed by atoms with Gasteiger partial charge in [0.15, 0.2) is 0 Å². The number of hydrogen-bond acceptors (Lipinski definition) is 5. The Morgan fingerprint density at radius 1 is 1.23 bits per heavy atom. The summed E-state index contributed by atoms with van der Waals surface area (Å²) in [6, 6.07) is 6.03. The molecule has 0 radical (unpaired) electrons. The first-order chi connectivity index (χ1) is 12.7. The summed E-state index contributed by atoms with van der Waals surface area (Å²) in [5.41, 5.74) is 0.978. The van der Waals surface area contributed by atoms with Crippen molar-refractivity contribution < 1.29 is 9.53 Å². The normalized spacial score (nSPS) is 24.6. The van der Waals surface area contributed by atoms with Gasteiger partial charge in [-0.1, -0.05) is 11.3 Å². The molecule has 2 fully saturated rings. The number of nitrogens with zero attached hydrogens (tertiary/aromatic N) is 5. The Hall–Kier alpha value is -2.28. The van der Waals surface area contributed by atoms with Crippen LogP contribution >= 0.6 is 0 Å². The second kappa shape index (κ2) is 7.15. The van der Waals surface area contributed by atoms with Crippen LogP contribution in [0.15, 0.2) is 30.6 Å². The van der Waals surface area contributed by atoms with Crippen LogP contribution in [0.25, 0.3) is 11.4 Å². The first-order valence-corrected chi connectivity index (χ1v) is 9.42. The van der Waals surface area contributed by atoms with Crippen molar-refractivity contribution in [2.75, 3.05) is 19.7 Å². The number of ether oxygens (including phenoxy) is 1. The molecule has 1 amide bonds. The summed E-state index contributed by atoms with van der Waals surface area (Å²) in [5, 5.41) is 8.54. The SMILES string of the molecule is C[C@]1(C(=O)N2CCC(n3cc(-c4ccccn4)nn3)CC2)CCCCO1. The number of rotatable bonds is 3. The Balaban J connectivity index is 1.38. The summed E-state index contributed by atoms with van der Waals surface area (Å²) in [6.07, 6.45) is 8.41. The number of pyridine rings is 1. The lowest BCUT2D eigenvalue weighted by Crippen LogP contribution is -2.52. The highest BCUT2D eigenvalue weighted by molar-refractivity contribution is 5.85. The van der Waals surface area contributed by atoms with E-state index in [1.54, 1.807) is 6.20 Å². The molecule has 0 bridgehead atoms. The molecule has 2 aromatic rings. The molecule has 2 aliphatic rings. The van der Waals surface area contributed by atoms with Gasteiger partial charge in [0.25, 0.3) is 5.91 Å². The minimum atomic E-state index is -0.634. The maximum absolute atomic E-state index is 12.9. The molecule has 0 unspecified atom stereocenters. The van der Waals surface area contributed by atoms with E-state index in [0.29, 0.717) is 6.61 Å². The number of likely N-dealkylation sites (tertiary alicyclic amines) is 1. The van der Waals surface area contributed by atoms with Crippen LogP contribution in [0.2, 0.25) is 0 Å². The zero-order valence-electron chi connectivity index (χ0n) is 15.2. The second-order valence-corrected chi connectivity index (χ2v) is 7.36. The molecule has 0 aromatic carbocycles. The average molecular weight is 355 g/mol. The van der Waals surface area contributed by atoms with E-state index in [4.69, 9.17) is 4.74 Å². The van der Waals surface area contributed by atoms with E-state index in [9.17, 15) is 4.79 Å². The van der Waals surface area contributed by atoms with Crippen LogP contribution in [0.3, 0.4) is 0 Å². The largest absolute Gasteiger partial charge is 0.365 e. The maximum atomic E-state index is 12.9. The van der Waals surface area contributed by atoms with Gasteiger partial charge in [0.05, 0.1) is 17.9 Å². The lowest BCUT2D eigenvalue weighted by Gasteiger charge is -2.39. The van der Waals surface area contributed by atoms with Crippen LogP contribution in [0.4, 0.5) is 0 Å². The fourth-order valence-electron chi connectivity index (χ4n) is 3.86. The van der Waals surface area contributed by atoms with Gasteiger partial charge in [-0.15, -0.1) is 5.10 Å². The lowest BCUT2D eigenvalue weighted by atomic mass is 9.93. The van der Waals surface area contributed by atoms with Crippen molar-refractivity contribution >= 4 is 5.91 Å². The Labute approximate surface area is 153 Å². The van der Waals surface area contributed by atoms with Crippen LogP contribution in [-0.4, -0.2) is 56.1 Å². The van der Waals surface area contributed by atoms with E-state index in [1.165, 1.54) is 0 Å². The van der Waals surface area contributed by atoms with Gasteiger partial charge in [-0.25, -0.2) is 4.68 Å². The van der Waals surface area contributed by atoms with Gasteiger partial charge in [-0.3, -0.25) is 9.78 Å². The lowest BCUT2D eigenvalue weighted by molar-refractivity contribution is -0.163. The van der Waals surface area contributed by atoms with Crippen LogP contribution in [0, 0.1) is 0 Å². The molecular weight excluding hydrogens is 330 g/mol. The van der Waals surface area contributed by atoms with Gasteiger partial charge in [-0.05, 0) is 51.2 Å². The van der Waals surface area contributed by atoms with E-state index in [1.807, 2.05) is 40.9 Å². The molecule has 138 valence electrons. The van der Waals surface area contributed by atoms with Crippen molar-refractivity contribution in [1.82, 2.24) is 24.9 Å². The molecule has 0 spiro atoms. The molecule has 4 rings (SSSR count). The molecule has 2 aliphatic heterocycles. The minimum absolute atomic E-state index is 0.142. The zero-order chi connectivity index (χ0) is 18.0. The third-order valence-electron chi connectivity index (χ3n) is 5.48. The Kier molecular flexibility index (Phi) is 4.72. The third kappa shape index (κ3) is 3.35. The van der Waals surface area contributed by atoms with Gasteiger partial charge in [0.2, 0.25) is 0 Å². The smallest absolute Gasteiger partial charge is 0.254 e. The molecule has 26 heavy (non-hydrogen) atoms. The molecule has 7 nitrogen and oxygen atoms in total. The molecule has 4 heterocycles. The first-order valence-electron chi connectivity index (χ1n) is 9.42. The average Bonchev–Trinajstić information content (AvgIpc) is 3.19. The minimum Gasteiger partial charge on any atom is -0.365 e. The molecule has 2 aromatic heterocycles. The van der Waals surface area contributed by atoms with Gasteiger partial charge in [0.1, 0.15) is 11.3 Å². The fraction of sp³-hybridized carbons (Fsp3) is 0.579. The molecule has 2 saturated heterocycles. The molecule has 0 saturated carbocycles. The second-order valence-electron chi connectivity index (χ2n) is 7.36. The summed E-state index contributed by atoms with van der Waals surface area (Å²) in [6.45, 7) is 4.10. The van der Waals surface area contributed by atoms with Crippen LogP contribution in [-0.2, 0) is 9.53 Å². The number of hydrogen-bond donors (Lipinski definition) is 0. The van der Waals surface area contributed by atoms with Gasteiger partial charge in [-0.2, -0.15) is 0 Å². The molecule has 1 atom stereocenters. The highest BCUT2D eigenvalue weighted by Gasteiger charge is 2.40. The van der Waals surface area contributed by atoms with Crippen LogP contribution < -0.4 is 0 Å². The summed E-state index contributed by atoms with van der Waals surface area (Å²) >= 11 is 0. The van der Waals surface area contributed by atoms with E-state index in [2.05, 4.69) is 15.3 Å². The standard InChI is InChI=1S/C19H25N5O2/c1-19(9-3-5-13-26-19)18(25)23-11-7-15(8-12-23)24-14-17(21-22-24)16-6-2-4-10-20-16/h2,4,6,10,14-15H,3,5,7-9,11-13H2,1H3/t19-/m1/s1. The highest BCUT2D eigenvalue weighted by atomic mass is 16.5. The number of carbonyl (C=O) groups excluding carboxylic acids is 1. The number of amides is 1. The van der Waals surface area contributed by atoms with Crippen molar-refractivity contribution in [2.24, 2.45) is 0 Å². The van der Waals surface area contributed by atoms with Crippen molar-refractivity contribution in [2.45, 2.75) is 50.7 Å². The number of piperidine rings is 1. The van der Waals surface area contributed by atoms with Crippen LogP contribution in [0.1, 0.15) is 45.1 Å². The predicted molar refractivity (Wildman–Crippen MR) is 96.3 cm³/mol. The van der Waals surface area contributed by atoms with E-state index >= 15 is 0 Å². The van der Waals surface area contributed by atoms with E-state index in [-0.39, 0.29) is 11.9 Å². The summed E-state index contributed by atoms with van der Waals surface area (Å²) in [5.74, 6) is 0.142. The van der Waals surface area contributed by atoms with Gasteiger partial charge >= 0.3 is 0 Å². The van der Waals surface area contributed by atoms with Crippen molar-refractivity contribution in [1.29, 1.82) is 0 Å². The molecule has 7 heteroatoms. The molecule has 0 N–H and O–H groups in total. The van der Waals surface area contributed by atoms with Crippen LogP contribution in [0.5, 0.6) is 0 Å². The Morgan fingerprint density at radius 2 is 2.08 bits per heavy atom. The molecular formula is C19H25N5O2. The van der Waals surface area contributed by atoms with Crippen molar-refractivity contribution in [3.05, 3.63) is 30.6 Å². The Bertz CT molecular complexity index is 746. The summed E-state index contributed by atoms with van der Waals surface area (Å²) < 4.78 is 7.74. The summed E-state index contributed by atoms with van der Waals surface area (Å²) in [7, 11) is 0. The van der Waals surface area contributed by atoms with Crippen molar-refractivity contribution in [3.8, 4) is 11.4 Å². The third-order valence-corrected chi connectivity index (χ3v) is 5.48. The van der Waals surface area contributed by atoms with E-state index < -0.39 is 5.60 Å².